The summed E-state index contributed by atoms with van der Waals surface area (Å²) >= 11 is 0. The van der Waals surface area contributed by atoms with Gasteiger partial charge in [-0.2, -0.15) is 18.2 Å². The minimum atomic E-state index is -4.62. The summed E-state index contributed by atoms with van der Waals surface area (Å²) in [6.07, 6.45) is -0.801. The molecular formula is C12H18F3N3O. The second-order valence-corrected chi connectivity index (χ2v) is 6.09. The number of aromatic nitrogens is 2. The van der Waals surface area contributed by atoms with Crippen molar-refractivity contribution in [3.8, 4) is 0 Å². The van der Waals surface area contributed by atoms with E-state index in [0.29, 0.717) is 12.8 Å². The van der Waals surface area contributed by atoms with Crippen LogP contribution in [0.3, 0.4) is 0 Å². The zero-order chi connectivity index (χ0) is 14.3. The first kappa shape index (κ1) is 14.3. The third kappa shape index (κ3) is 3.08. The smallest absolute Gasteiger partial charge is 0.329 e. The van der Waals surface area contributed by atoms with Crippen LogP contribution in [0, 0.1) is 5.41 Å². The summed E-state index contributed by atoms with van der Waals surface area (Å²) in [6.45, 7) is 4.27. The van der Waals surface area contributed by atoms with Crippen molar-refractivity contribution >= 4 is 0 Å². The van der Waals surface area contributed by atoms with Gasteiger partial charge in [-0.3, -0.25) is 0 Å². The minimum absolute atomic E-state index is 0.0301. The molecule has 108 valence electrons. The molecule has 1 aliphatic carbocycles. The highest BCUT2D eigenvalue weighted by Crippen LogP contribution is 2.41. The van der Waals surface area contributed by atoms with E-state index >= 15 is 0 Å². The first-order valence-corrected chi connectivity index (χ1v) is 6.33. The summed E-state index contributed by atoms with van der Waals surface area (Å²) in [6, 6.07) is 0. The number of nitrogens with two attached hydrogens (primary N) is 1. The van der Waals surface area contributed by atoms with E-state index in [4.69, 9.17) is 5.73 Å². The monoisotopic (exact) mass is 277 g/mol. The highest BCUT2D eigenvalue weighted by Gasteiger charge is 2.42. The molecule has 1 heterocycles. The Morgan fingerprint density at radius 1 is 1.16 bits per heavy atom. The first-order valence-electron chi connectivity index (χ1n) is 6.33. The van der Waals surface area contributed by atoms with Crippen molar-refractivity contribution in [2.45, 2.75) is 57.7 Å². The van der Waals surface area contributed by atoms with Gasteiger partial charge in [0.15, 0.2) is 5.82 Å². The van der Waals surface area contributed by atoms with Gasteiger partial charge in [-0.15, -0.1) is 0 Å². The van der Waals surface area contributed by atoms with E-state index in [1.165, 1.54) is 0 Å². The first-order chi connectivity index (χ1) is 8.62. The predicted octanol–water partition coefficient (Wildman–Crippen LogP) is 3.23. The van der Waals surface area contributed by atoms with Gasteiger partial charge in [0, 0.05) is 0 Å². The highest BCUT2D eigenvalue weighted by atomic mass is 19.4. The van der Waals surface area contributed by atoms with Gasteiger partial charge in [-0.05, 0) is 31.1 Å². The van der Waals surface area contributed by atoms with Gasteiger partial charge >= 0.3 is 12.1 Å². The highest BCUT2D eigenvalue weighted by molar-refractivity contribution is 5.06. The Morgan fingerprint density at radius 2 is 1.84 bits per heavy atom. The Hall–Kier alpha value is -1.11. The molecule has 1 atom stereocenters. The molecule has 0 amide bonds. The van der Waals surface area contributed by atoms with E-state index in [1.54, 1.807) is 0 Å². The van der Waals surface area contributed by atoms with Gasteiger partial charge in [0.1, 0.15) is 0 Å². The lowest BCUT2D eigenvalue weighted by molar-refractivity contribution is -0.159. The predicted molar refractivity (Wildman–Crippen MR) is 62.0 cm³/mol. The van der Waals surface area contributed by atoms with Crippen molar-refractivity contribution in [2.75, 3.05) is 0 Å². The quantitative estimate of drug-likeness (QED) is 0.800. The summed E-state index contributed by atoms with van der Waals surface area (Å²) in [4.78, 5) is 3.44. The fraction of sp³-hybridized carbons (Fsp3) is 0.833. The molecule has 2 rings (SSSR count). The molecule has 4 nitrogen and oxygen atoms in total. The van der Waals surface area contributed by atoms with Crippen LogP contribution in [0.4, 0.5) is 13.2 Å². The second kappa shape index (κ2) is 4.47. The minimum Gasteiger partial charge on any atom is -0.329 e. The van der Waals surface area contributed by atoms with Crippen LogP contribution in [0.15, 0.2) is 4.52 Å². The number of nitrogens with zero attached hydrogens (tertiary/aromatic N) is 2. The molecule has 0 bridgehead atoms. The maximum absolute atomic E-state index is 12.5. The molecule has 0 aliphatic heterocycles. The molecule has 2 N–H and O–H groups in total. The van der Waals surface area contributed by atoms with Gasteiger partial charge in [0.2, 0.25) is 0 Å². The van der Waals surface area contributed by atoms with Crippen molar-refractivity contribution in [3.63, 3.8) is 0 Å². The van der Waals surface area contributed by atoms with Crippen LogP contribution >= 0.6 is 0 Å². The molecule has 0 saturated heterocycles. The van der Waals surface area contributed by atoms with Crippen LogP contribution in [-0.4, -0.2) is 10.1 Å². The van der Waals surface area contributed by atoms with E-state index < -0.39 is 17.6 Å². The van der Waals surface area contributed by atoms with Crippen LogP contribution in [0.2, 0.25) is 0 Å². The van der Waals surface area contributed by atoms with Gasteiger partial charge in [-0.1, -0.05) is 25.4 Å². The summed E-state index contributed by atoms with van der Waals surface area (Å²) in [5.41, 5.74) is 5.44. The van der Waals surface area contributed by atoms with E-state index in [-0.39, 0.29) is 11.2 Å². The molecule has 0 radical (unpaired) electrons. The number of rotatable bonds is 1. The van der Waals surface area contributed by atoms with Crippen molar-refractivity contribution in [3.05, 3.63) is 11.7 Å². The van der Waals surface area contributed by atoms with Crippen LogP contribution in [0.5, 0.6) is 0 Å². The average molecular weight is 277 g/mol. The maximum Gasteiger partial charge on any atom is 0.471 e. The van der Waals surface area contributed by atoms with Crippen LogP contribution in [-0.2, 0) is 11.7 Å². The number of hydrogen-bond donors (Lipinski definition) is 1. The SMILES string of the molecule is CC1(C)CCCC(N)(c2noc(C(F)(F)F)n2)CC1. The fourth-order valence-corrected chi connectivity index (χ4v) is 2.46. The Morgan fingerprint density at radius 3 is 2.42 bits per heavy atom. The van der Waals surface area contributed by atoms with Gasteiger partial charge in [0.05, 0.1) is 5.54 Å². The maximum atomic E-state index is 12.5. The molecule has 1 aliphatic rings. The average Bonchev–Trinajstić information content (AvgIpc) is 2.71. The lowest BCUT2D eigenvalue weighted by atomic mass is 9.83. The van der Waals surface area contributed by atoms with E-state index in [9.17, 15) is 13.2 Å². The van der Waals surface area contributed by atoms with Crippen LogP contribution in [0.1, 0.15) is 57.7 Å². The second-order valence-electron chi connectivity index (χ2n) is 6.09. The van der Waals surface area contributed by atoms with Gasteiger partial charge in [-0.25, -0.2) is 0 Å². The van der Waals surface area contributed by atoms with Crippen LogP contribution in [0.25, 0.3) is 0 Å². The number of hydrogen-bond acceptors (Lipinski definition) is 4. The molecule has 1 unspecified atom stereocenters. The lowest BCUT2D eigenvalue weighted by Crippen LogP contribution is -2.37. The summed E-state index contributed by atoms with van der Waals surface area (Å²) in [5.74, 6) is -1.35. The molecule has 1 aromatic heterocycles. The lowest BCUT2D eigenvalue weighted by Gasteiger charge is -2.25. The summed E-state index contributed by atoms with van der Waals surface area (Å²) < 4.78 is 41.7. The fourth-order valence-electron chi connectivity index (χ4n) is 2.46. The van der Waals surface area contributed by atoms with E-state index in [1.807, 2.05) is 0 Å². The number of halogens is 3. The Kier molecular flexibility index (Phi) is 3.36. The standard InChI is InChI=1S/C12H18F3N3O/c1-10(2)4-3-5-11(16,7-6-10)8-17-9(19-18-8)12(13,14)15/h3-7,16H2,1-2H3. The summed E-state index contributed by atoms with van der Waals surface area (Å²) in [5, 5.41) is 3.44. The molecule has 19 heavy (non-hydrogen) atoms. The number of alkyl halides is 3. The Balaban J connectivity index is 2.22. The molecule has 0 spiro atoms. The Bertz CT molecular complexity index is 455. The molecule has 1 saturated carbocycles. The largest absolute Gasteiger partial charge is 0.471 e. The van der Waals surface area contributed by atoms with Crippen molar-refractivity contribution < 1.29 is 17.7 Å². The van der Waals surface area contributed by atoms with Crippen molar-refractivity contribution in [2.24, 2.45) is 11.1 Å². The Labute approximate surface area is 109 Å². The van der Waals surface area contributed by atoms with E-state index in [2.05, 4.69) is 28.5 Å². The molecule has 0 aromatic carbocycles. The summed E-state index contributed by atoms with van der Waals surface area (Å²) in [7, 11) is 0. The molecule has 1 aromatic rings. The topological polar surface area (TPSA) is 64.9 Å². The van der Waals surface area contributed by atoms with Crippen LogP contribution < -0.4 is 5.73 Å². The van der Waals surface area contributed by atoms with Gasteiger partial charge in [0.25, 0.3) is 0 Å². The molecule has 7 heteroatoms. The zero-order valence-corrected chi connectivity index (χ0v) is 11.0. The zero-order valence-electron chi connectivity index (χ0n) is 11.0. The normalized spacial score (nSPS) is 28.1. The third-order valence-corrected chi connectivity index (χ3v) is 3.84. The molecular weight excluding hydrogens is 259 g/mol. The van der Waals surface area contributed by atoms with Crippen molar-refractivity contribution in [1.82, 2.24) is 10.1 Å². The third-order valence-electron chi connectivity index (χ3n) is 3.84. The molecule has 1 fully saturated rings. The van der Waals surface area contributed by atoms with Crippen molar-refractivity contribution in [1.29, 1.82) is 0 Å². The van der Waals surface area contributed by atoms with Gasteiger partial charge < -0.3 is 10.3 Å². The van der Waals surface area contributed by atoms with E-state index in [0.717, 1.165) is 19.3 Å².